The zero-order valence-corrected chi connectivity index (χ0v) is 11.4. The number of halogens is 1. The average Bonchev–Trinajstić information content (AvgIpc) is 2.82. The molecule has 1 heterocycles. The largest absolute Gasteiger partial charge is 0.479 e. The number of rotatable bonds is 3. The quantitative estimate of drug-likeness (QED) is 0.946. The third-order valence-corrected chi connectivity index (χ3v) is 3.23. The molecule has 6 heteroatoms. The van der Waals surface area contributed by atoms with Crippen molar-refractivity contribution in [2.75, 3.05) is 12.4 Å². The lowest BCUT2D eigenvalue weighted by atomic mass is 10.2. The van der Waals surface area contributed by atoms with E-state index in [4.69, 9.17) is 9.26 Å². The SMILES string of the molecule is COc1cc(C(=O)Nc2ccc(Br)c(C)c2)on1. The van der Waals surface area contributed by atoms with E-state index in [2.05, 4.69) is 26.4 Å². The Bertz CT molecular complexity index is 580. The molecule has 0 atom stereocenters. The minimum Gasteiger partial charge on any atom is -0.479 e. The first kappa shape index (κ1) is 12.6. The highest BCUT2D eigenvalue weighted by Gasteiger charge is 2.13. The number of hydrogen-bond donors (Lipinski definition) is 1. The molecule has 0 fully saturated rings. The van der Waals surface area contributed by atoms with Gasteiger partial charge in [0.15, 0.2) is 0 Å². The van der Waals surface area contributed by atoms with Gasteiger partial charge in [-0.1, -0.05) is 15.9 Å². The van der Waals surface area contributed by atoms with Crippen molar-refractivity contribution in [3.63, 3.8) is 0 Å². The van der Waals surface area contributed by atoms with E-state index in [9.17, 15) is 4.79 Å². The molecule has 5 nitrogen and oxygen atoms in total. The van der Waals surface area contributed by atoms with E-state index in [1.54, 1.807) is 6.07 Å². The third-order valence-electron chi connectivity index (χ3n) is 2.34. The van der Waals surface area contributed by atoms with Gasteiger partial charge in [0.05, 0.1) is 13.2 Å². The lowest BCUT2D eigenvalue weighted by Crippen LogP contribution is -2.10. The maximum atomic E-state index is 11.8. The van der Waals surface area contributed by atoms with Gasteiger partial charge < -0.3 is 14.6 Å². The van der Waals surface area contributed by atoms with E-state index in [0.29, 0.717) is 5.69 Å². The van der Waals surface area contributed by atoms with Gasteiger partial charge in [0, 0.05) is 10.2 Å². The second-order valence-corrected chi connectivity index (χ2v) is 4.51. The summed E-state index contributed by atoms with van der Waals surface area (Å²) in [6.45, 7) is 1.94. The van der Waals surface area contributed by atoms with Crippen LogP contribution in [0, 0.1) is 6.92 Å². The Morgan fingerprint density at radius 3 is 2.83 bits per heavy atom. The number of nitrogens with zero attached hydrogens (tertiary/aromatic N) is 1. The lowest BCUT2D eigenvalue weighted by molar-refractivity contribution is 0.0987. The Morgan fingerprint density at radius 2 is 2.22 bits per heavy atom. The Balaban J connectivity index is 2.13. The summed E-state index contributed by atoms with van der Waals surface area (Å²) in [7, 11) is 1.46. The van der Waals surface area contributed by atoms with E-state index >= 15 is 0 Å². The van der Waals surface area contributed by atoms with Crippen molar-refractivity contribution < 1.29 is 14.1 Å². The number of aromatic nitrogens is 1. The number of ether oxygens (including phenoxy) is 1. The Morgan fingerprint density at radius 1 is 1.44 bits per heavy atom. The number of carbonyl (C=O) groups is 1. The van der Waals surface area contributed by atoms with Crippen LogP contribution >= 0.6 is 15.9 Å². The van der Waals surface area contributed by atoms with E-state index in [1.807, 2.05) is 19.1 Å². The average molecular weight is 311 g/mol. The minimum absolute atomic E-state index is 0.104. The standard InChI is InChI=1S/C12H11BrN2O3/c1-7-5-8(3-4-9(7)13)14-12(16)10-6-11(17-2)15-18-10/h3-6H,1-2H3,(H,14,16). The summed E-state index contributed by atoms with van der Waals surface area (Å²) in [6.07, 6.45) is 0. The number of hydrogen-bond acceptors (Lipinski definition) is 4. The molecule has 0 saturated heterocycles. The Kier molecular flexibility index (Phi) is 3.66. The predicted molar refractivity (Wildman–Crippen MR) is 69.9 cm³/mol. The van der Waals surface area contributed by atoms with Gasteiger partial charge in [-0.15, -0.1) is 0 Å². The number of amides is 1. The second-order valence-electron chi connectivity index (χ2n) is 3.65. The van der Waals surface area contributed by atoms with Crippen LogP contribution in [0.25, 0.3) is 0 Å². The zero-order valence-electron chi connectivity index (χ0n) is 9.86. The van der Waals surface area contributed by atoms with Gasteiger partial charge in [0.2, 0.25) is 5.76 Å². The maximum Gasteiger partial charge on any atom is 0.294 e. The number of aryl methyl sites for hydroxylation is 1. The minimum atomic E-state index is -0.368. The molecule has 1 N–H and O–H groups in total. The highest BCUT2D eigenvalue weighted by atomic mass is 79.9. The molecule has 2 rings (SSSR count). The Labute approximate surface area is 112 Å². The summed E-state index contributed by atoms with van der Waals surface area (Å²) < 4.78 is 10.7. The van der Waals surface area contributed by atoms with Crippen LogP contribution < -0.4 is 10.1 Å². The van der Waals surface area contributed by atoms with Crippen molar-refractivity contribution in [1.82, 2.24) is 5.16 Å². The smallest absolute Gasteiger partial charge is 0.294 e. The van der Waals surface area contributed by atoms with Gasteiger partial charge >= 0.3 is 0 Å². The molecule has 0 radical (unpaired) electrons. The highest BCUT2D eigenvalue weighted by Crippen LogP contribution is 2.21. The summed E-state index contributed by atoms with van der Waals surface area (Å²) >= 11 is 3.40. The molecule has 18 heavy (non-hydrogen) atoms. The van der Waals surface area contributed by atoms with Crippen molar-refractivity contribution in [3.8, 4) is 5.88 Å². The van der Waals surface area contributed by atoms with Crippen LogP contribution in [0.3, 0.4) is 0 Å². The lowest BCUT2D eigenvalue weighted by Gasteiger charge is -2.04. The summed E-state index contributed by atoms with van der Waals surface area (Å²) in [4.78, 5) is 11.8. The van der Waals surface area contributed by atoms with Crippen LogP contribution in [0.1, 0.15) is 16.1 Å². The van der Waals surface area contributed by atoms with Crippen molar-refractivity contribution in [2.45, 2.75) is 6.92 Å². The summed E-state index contributed by atoms with van der Waals surface area (Å²) in [5.41, 5.74) is 1.72. The van der Waals surface area contributed by atoms with Gasteiger partial charge in [0.25, 0.3) is 11.8 Å². The van der Waals surface area contributed by atoms with Crippen molar-refractivity contribution >= 4 is 27.5 Å². The zero-order chi connectivity index (χ0) is 13.1. The van der Waals surface area contributed by atoms with Crippen LogP contribution in [0.2, 0.25) is 0 Å². The predicted octanol–water partition coefficient (Wildman–Crippen LogP) is 3.01. The molecular formula is C12H11BrN2O3. The number of anilines is 1. The van der Waals surface area contributed by atoms with Crippen LogP contribution in [0.4, 0.5) is 5.69 Å². The number of methoxy groups -OCH3 is 1. The summed E-state index contributed by atoms with van der Waals surface area (Å²) in [5.74, 6) is 0.00656. The van der Waals surface area contributed by atoms with Gasteiger partial charge in [-0.3, -0.25) is 4.79 Å². The molecule has 1 aromatic heterocycles. The molecule has 94 valence electrons. The fourth-order valence-electron chi connectivity index (χ4n) is 1.38. The molecule has 0 saturated carbocycles. The monoisotopic (exact) mass is 310 g/mol. The first-order valence-electron chi connectivity index (χ1n) is 5.18. The number of nitrogens with one attached hydrogen (secondary N) is 1. The Hall–Kier alpha value is -1.82. The molecule has 0 spiro atoms. The van der Waals surface area contributed by atoms with Crippen molar-refractivity contribution in [1.29, 1.82) is 0 Å². The fourth-order valence-corrected chi connectivity index (χ4v) is 1.62. The summed E-state index contributed by atoms with van der Waals surface area (Å²) in [6, 6.07) is 6.95. The van der Waals surface area contributed by atoms with Crippen molar-refractivity contribution in [2.24, 2.45) is 0 Å². The molecule has 0 aliphatic carbocycles. The number of carbonyl (C=O) groups excluding carboxylic acids is 1. The van der Waals surface area contributed by atoms with Gasteiger partial charge in [0.1, 0.15) is 0 Å². The van der Waals surface area contributed by atoms with E-state index < -0.39 is 0 Å². The third kappa shape index (κ3) is 2.70. The maximum absolute atomic E-state index is 11.8. The van der Waals surface area contributed by atoms with Crippen LogP contribution in [-0.2, 0) is 0 Å². The van der Waals surface area contributed by atoms with Gasteiger partial charge in [-0.25, -0.2) is 0 Å². The van der Waals surface area contributed by atoms with E-state index in [1.165, 1.54) is 13.2 Å². The normalized spacial score (nSPS) is 10.2. The molecule has 1 aromatic carbocycles. The molecular weight excluding hydrogens is 300 g/mol. The first-order valence-corrected chi connectivity index (χ1v) is 5.97. The molecule has 0 aliphatic rings. The topological polar surface area (TPSA) is 64.4 Å². The summed E-state index contributed by atoms with van der Waals surface area (Å²) in [5, 5.41) is 6.28. The van der Waals surface area contributed by atoms with Crippen LogP contribution in [0.5, 0.6) is 5.88 Å². The van der Waals surface area contributed by atoms with Crippen LogP contribution in [0.15, 0.2) is 33.3 Å². The second kappa shape index (κ2) is 5.22. The first-order chi connectivity index (χ1) is 8.60. The highest BCUT2D eigenvalue weighted by molar-refractivity contribution is 9.10. The molecule has 0 aliphatic heterocycles. The van der Waals surface area contributed by atoms with Gasteiger partial charge in [-0.2, -0.15) is 0 Å². The molecule has 1 amide bonds. The van der Waals surface area contributed by atoms with Crippen molar-refractivity contribution in [3.05, 3.63) is 40.1 Å². The van der Waals surface area contributed by atoms with Crippen LogP contribution in [-0.4, -0.2) is 18.2 Å². The molecule has 2 aromatic rings. The fraction of sp³-hybridized carbons (Fsp3) is 0.167. The molecule has 0 bridgehead atoms. The molecule has 0 unspecified atom stereocenters. The van der Waals surface area contributed by atoms with E-state index in [0.717, 1.165) is 10.0 Å². The van der Waals surface area contributed by atoms with Gasteiger partial charge in [-0.05, 0) is 35.8 Å². The van der Waals surface area contributed by atoms with E-state index in [-0.39, 0.29) is 17.5 Å². The number of benzene rings is 1.